The molecule has 0 spiro atoms. The summed E-state index contributed by atoms with van der Waals surface area (Å²) < 4.78 is 6.00. The van der Waals surface area contributed by atoms with Crippen molar-refractivity contribution in [3.05, 3.63) is 32.5 Å². The van der Waals surface area contributed by atoms with Crippen LogP contribution in [0.15, 0.2) is 32.0 Å². The molecule has 0 aliphatic carbocycles. The second kappa shape index (κ2) is 15.4. The third kappa shape index (κ3) is 9.74. The van der Waals surface area contributed by atoms with Crippen LogP contribution in [0.1, 0.15) is 96.6 Å². The standard InChI is InChI=1S/C33H46N2O2S6/c1-32(2,20-34-28(38)18-26-24(30(34)40)12-16-42-26)14-6-10-22(36)8-5-9-23(37)11-7-15-33(3,4)21-35-29(39)19-27-25(31(35)41)13-17-43-27/h18-19,40-41H,5-17,20-21H2,1-4H3. The number of hydrogen-bond acceptors (Lipinski definition) is 8. The molecule has 0 saturated carbocycles. The largest absolute Gasteiger partial charge is 0.327 e. The zero-order chi connectivity index (χ0) is 31.4. The fourth-order valence-corrected chi connectivity index (χ4v) is 10.1. The van der Waals surface area contributed by atoms with E-state index in [2.05, 4.69) is 49.0 Å². The summed E-state index contributed by atoms with van der Waals surface area (Å²) in [5.41, 5.74) is 2.66. The smallest absolute Gasteiger partial charge is 0.132 e. The van der Waals surface area contributed by atoms with Gasteiger partial charge in [-0.3, -0.25) is 9.59 Å². The molecule has 0 aromatic carbocycles. The van der Waals surface area contributed by atoms with Gasteiger partial charge in [0.25, 0.3) is 0 Å². The number of nitrogens with zero attached hydrogens (tertiary/aromatic N) is 2. The Balaban J connectivity index is 1.12. The van der Waals surface area contributed by atoms with E-state index in [0.717, 1.165) is 82.5 Å². The van der Waals surface area contributed by atoms with E-state index in [0.29, 0.717) is 32.1 Å². The Hall–Kier alpha value is -0.520. The number of ketones is 2. The molecule has 2 aliphatic heterocycles. The van der Waals surface area contributed by atoms with Crippen LogP contribution in [-0.2, 0) is 35.5 Å². The van der Waals surface area contributed by atoms with Crippen molar-refractivity contribution < 1.29 is 9.59 Å². The molecule has 236 valence electrons. The number of carbonyl (C=O) groups is 2. The number of carbonyl (C=O) groups excluding carboxylic acids is 2. The molecule has 0 saturated heterocycles. The molecule has 2 aromatic rings. The van der Waals surface area contributed by atoms with Gasteiger partial charge in [-0.05, 0) is 79.0 Å². The minimum Gasteiger partial charge on any atom is -0.327 e. The second-order valence-electron chi connectivity index (χ2n) is 13.6. The van der Waals surface area contributed by atoms with Crippen LogP contribution in [0.4, 0.5) is 0 Å². The first-order valence-electron chi connectivity index (χ1n) is 15.5. The monoisotopic (exact) mass is 694 g/mol. The van der Waals surface area contributed by atoms with Crippen molar-refractivity contribution in [2.45, 2.75) is 131 Å². The number of hydrogen-bond donors (Lipinski definition) is 2. The van der Waals surface area contributed by atoms with Gasteiger partial charge in [0, 0.05) is 60.1 Å². The minimum atomic E-state index is 0.0130. The highest BCUT2D eigenvalue weighted by atomic mass is 32.2. The van der Waals surface area contributed by atoms with Crippen molar-refractivity contribution in [1.82, 2.24) is 9.13 Å². The van der Waals surface area contributed by atoms with Crippen LogP contribution < -0.4 is 0 Å². The Morgan fingerprint density at radius 1 is 0.721 bits per heavy atom. The molecule has 2 aliphatic rings. The Morgan fingerprint density at radius 2 is 1.09 bits per heavy atom. The zero-order valence-corrected chi connectivity index (χ0v) is 31.1. The third-order valence-corrected chi connectivity index (χ3v) is 12.5. The maximum absolute atomic E-state index is 12.6. The SMILES string of the molecule is CC(C)(CCCC(=O)CCCC(=O)CCCC(C)(C)Cn1c(S)c2c(cc1=S)SCC2)Cn1c(S)c2c(cc1=S)SCC2. The summed E-state index contributed by atoms with van der Waals surface area (Å²) in [6, 6.07) is 4.24. The lowest BCUT2D eigenvalue weighted by molar-refractivity contribution is -0.120. The number of fused-ring (bicyclic) bond motifs is 2. The van der Waals surface area contributed by atoms with Crippen LogP contribution in [-0.4, -0.2) is 32.2 Å². The van der Waals surface area contributed by atoms with E-state index in [1.165, 1.54) is 20.9 Å². The molecular weight excluding hydrogens is 649 g/mol. The van der Waals surface area contributed by atoms with Gasteiger partial charge in [-0.1, -0.05) is 52.1 Å². The molecule has 43 heavy (non-hydrogen) atoms. The second-order valence-corrected chi connectivity index (χ2v) is 17.6. The van der Waals surface area contributed by atoms with Crippen LogP contribution in [0, 0.1) is 20.1 Å². The van der Waals surface area contributed by atoms with Crippen molar-refractivity contribution in [2.24, 2.45) is 10.8 Å². The molecule has 4 rings (SSSR count). The van der Waals surface area contributed by atoms with Crippen LogP contribution >= 0.6 is 73.2 Å². The van der Waals surface area contributed by atoms with Crippen molar-refractivity contribution in [3.8, 4) is 0 Å². The average molecular weight is 695 g/mol. The van der Waals surface area contributed by atoms with E-state index >= 15 is 0 Å². The van der Waals surface area contributed by atoms with Gasteiger partial charge in [0.2, 0.25) is 0 Å². The van der Waals surface area contributed by atoms with Crippen LogP contribution in [0.2, 0.25) is 0 Å². The lowest BCUT2D eigenvalue weighted by atomic mass is 9.86. The average Bonchev–Trinajstić information content (AvgIpc) is 3.58. The fourth-order valence-electron chi connectivity index (χ4n) is 6.14. The quantitative estimate of drug-likeness (QED) is 0.135. The highest BCUT2D eigenvalue weighted by Crippen LogP contribution is 2.38. The predicted molar refractivity (Wildman–Crippen MR) is 193 cm³/mol. The Morgan fingerprint density at radius 3 is 1.49 bits per heavy atom. The molecule has 0 fully saturated rings. The molecule has 4 heterocycles. The number of thioether (sulfide) groups is 2. The summed E-state index contributed by atoms with van der Waals surface area (Å²) in [4.78, 5) is 27.7. The van der Waals surface area contributed by atoms with Gasteiger partial charge >= 0.3 is 0 Å². The van der Waals surface area contributed by atoms with Gasteiger partial charge in [-0.25, -0.2) is 0 Å². The summed E-state index contributed by atoms with van der Waals surface area (Å²) in [6.45, 7) is 10.6. The molecule has 0 atom stereocenters. The predicted octanol–water partition coefficient (Wildman–Crippen LogP) is 10.0. The number of Topliss-reactive ketones (excluding diaryl/α,β-unsaturated/α-hetero) is 2. The molecule has 0 radical (unpaired) electrons. The number of thiol groups is 2. The molecule has 4 nitrogen and oxygen atoms in total. The van der Waals surface area contributed by atoms with E-state index in [4.69, 9.17) is 49.7 Å². The van der Waals surface area contributed by atoms with Gasteiger partial charge in [-0.2, -0.15) is 0 Å². The lowest BCUT2D eigenvalue weighted by Gasteiger charge is -2.28. The topological polar surface area (TPSA) is 44.0 Å². The summed E-state index contributed by atoms with van der Waals surface area (Å²) in [6.07, 6.45) is 8.47. The zero-order valence-electron chi connectivity index (χ0n) is 26.0. The lowest BCUT2D eigenvalue weighted by Crippen LogP contribution is -2.22. The van der Waals surface area contributed by atoms with Gasteiger partial charge in [0.05, 0.1) is 10.1 Å². The fraction of sp³-hybridized carbons (Fsp3) is 0.636. The summed E-state index contributed by atoms with van der Waals surface area (Å²) in [7, 11) is 0. The summed E-state index contributed by atoms with van der Waals surface area (Å²) >= 11 is 24.7. The van der Waals surface area contributed by atoms with Gasteiger partial charge < -0.3 is 9.13 Å². The maximum Gasteiger partial charge on any atom is 0.132 e. The first kappa shape index (κ1) is 35.3. The first-order chi connectivity index (χ1) is 20.3. The van der Waals surface area contributed by atoms with E-state index in [1.807, 2.05) is 23.5 Å². The highest BCUT2D eigenvalue weighted by Gasteiger charge is 2.25. The highest BCUT2D eigenvalue weighted by molar-refractivity contribution is 8.00. The molecule has 0 bridgehead atoms. The third-order valence-electron chi connectivity index (χ3n) is 8.61. The number of pyridine rings is 2. The van der Waals surface area contributed by atoms with E-state index in [-0.39, 0.29) is 22.4 Å². The summed E-state index contributed by atoms with van der Waals surface area (Å²) in [5, 5.41) is 2.00. The molecule has 2 aromatic heterocycles. The summed E-state index contributed by atoms with van der Waals surface area (Å²) in [5.74, 6) is 2.72. The van der Waals surface area contributed by atoms with E-state index in [9.17, 15) is 9.59 Å². The normalized spacial score (nSPS) is 14.7. The molecule has 0 unspecified atom stereocenters. The van der Waals surface area contributed by atoms with Crippen LogP contribution in [0.25, 0.3) is 0 Å². The van der Waals surface area contributed by atoms with E-state index < -0.39 is 0 Å². The molecular formula is C33H46N2O2S6. The van der Waals surface area contributed by atoms with Gasteiger partial charge in [0.15, 0.2) is 0 Å². The minimum absolute atomic E-state index is 0.0130. The number of rotatable bonds is 16. The van der Waals surface area contributed by atoms with Crippen molar-refractivity contribution >= 4 is 84.8 Å². The van der Waals surface area contributed by atoms with Crippen molar-refractivity contribution in [1.29, 1.82) is 0 Å². The number of aromatic nitrogens is 2. The Labute approximate surface area is 287 Å². The Bertz CT molecular complexity index is 1360. The Kier molecular flexibility index (Phi) is 12.6. The maximum atomic E-state index is 12.6. The van der Waals surface area contributed by atoms with Crippen LogP contribution in [0.5, 0.6) is 0 Å². The van der Waals surface area contributed by atoms with Crippen LogP contribution in [0.3, 0.4) is 0 Å². The van der Waals surface area contributed by atoms with Gasteiger partial charge in [-0.15, -0.1) is 48.8 Å². The van der Waals surface area contributed by atoms with E-state index in [1.54, 1.807) is 0 Å². The van der Waals surface area contributed by atoms with Crippen molar-refractivity contribution in [3.63, 3.8) is 0 Å². The molecule has 0 N–H and O–H groups in total. The van der Waals surface area contributed by atoms with Gasteiger partial charge in [0.1, 0.15) is 20.8 Å². The van der Waals surface area contributed by atoms with Crippen molar-refractivity contribution in [2.75, 3.05) is 11.5 Å². The molecule has 10 heteroatoms. The first-order valence-corrected chi connectivity index (χ1v) is 19.1. The molecule has 0 amide bonds.